The monoisotopic (exact) mass is 459 g/mol. The van der Waals surface area contributed by atoms with Crippen LogP contribution in [-0.2, 0) is 0 Å². The highest BCUT2D eigenvalue weighted by atomic mass is 19.1. The fraction of sp³-hybridized carbons (Fsp3) is 0.240. The molecule has 174 valence electrons. The van der Waals surface area contributed by atoms with Crippen molar-refractivity contribution in [3.63, 3.8) is 0 Å². The normalized spacial score (nSPS) is 18.1. The van der Waals surface area contributed by atoms with Gasteiger partial charge >= 0.3 is 0 Å². The maximum Gasteiger partial charge on any atom is 0.252 e. The Morgan fingerprint density at radius 3 is 2.65 bits per heavy atom. The number of nitrogens with two attached hydrogens (primary N) is 2. The van der Waals surface area contributed by atoms with Crippen LogP contribution in [0, 0.1) is 5.82 Å². The first-order valence-electron chi connectivity index (χ1n) is 11.3. The van der Waals surface area contributed by atoms with Crippen LogP contribution in [-0.4, -0.2) is 32.5 Å². The van der Waals surface area contributed by atoms with Crippen LogP contribution in [0.2, 0.25) is 0 Å². The molecule has 2 atom stereocenters. The number of carbonyl (C=O) groups is 1. The van der Waals surface area contributed by atoms with Gasteiger partial charge in [0.15, 0.2) is 11.6 Å². The van der Waals surface area contributed by atoms with E-state index in [2.05, 4.69) is 20.6 Å². The second-order valence-corrected chi connectivity index (χ2v) is 8.52. The van der Waals surface area contributed by atoms with Gasteiger partial charge in [0.2, 0.25) is 0 Å². The van der Waals surface area contributed by atoms with Crippen molar-refractivity contribution < 1.29 is 9.18 Å². The van der Waals surface area contributed by atoms with E-state index in [1.807, 2.05) is 47.2 Å². The molecule has 0 aliphatic heterocycles. The predicted molar refractivity (Wildman–Crippen MR) is 131 cm³/mol. The number of pyridine rings is 2. The molecule has 0 radical (unpaired) electrons. The smallest absolute Gasteiger partial charge is 0.252 e. The number of hydrogen-bond donors (Lipinski definition) is 4. The van der Waals surface area contributed by atoms with Crippen LogP contribution >= 0.6 is 0 Å². The molecule has 1 amide bonds. The summed E-state index contributed by atoms with van der Waals surface area (Å²) in [7, 11) is 0. The number of amides is 1. The van der Waals surface area contributed by atoms with Crippen molar-refractivity contribution in [2.24, 2.45) is 11.5 Å². The second-order valence-electron chi connectivity index (χ2n) is 8.52. The number of halogens is 1. The van der Waals surface area contributed by atoms with E-state index in [1.165, 1.54) is 0 Å². The molecule has 1 aliphatic carbocycles. The van der Waals surface area contributed by atoms with E-state index in [9.17, 15) is 9.18 Å². The van der Waals surface area contributed by atoms with Crippen molar-refractivity contribution in [1.82, 2.24) is 14.5 Å². The molecule has 3 heterocycles. The van der Waals surface area contributed by atoms with Crippen LogP contribution in [0.5, 0.6) is 0 Å². The second kappa shape index (κ2) is 9.11. The molecular weight excluding hydrogens is 433 g/mol. The third kappa shape index (κ3) is 4.17. The molecule has 1 aliphatic rings. The van der Waals surface area contributed by atoms with Crippen LogP contribution < -0.4 is 22.1 Å². The number of para-hydroxylation sites is 1. The summed E-state index contributed by atoms with van der Waals surface area (Å²) < 4.78 is 16.8. The molecule has 34 heavy (non-hydrogen) atoms. The van der Waals surface area contributed by atoms with Gasteiger partial charge in [0.25, 0.3) is 5.91 Å². The highest BCUT2D eigenvalue weighted by molar-refractivity contribution is 6.00. The highest BCUT2D eigenvalue weighted by Crippen LogP contribution is 2.30. The van der Waals surface area contributed by atoms with Crippen LogP contribution in [0.25, 0.3) is 16.7 Å². The van der Waals surface area contributed by atoms with E-state index in [0.29, 0.717) is 5.69 Å². The van der Waals surface area contributed by atoms with Gasteiger partial charge in [-0.05, 0) is 43.2 Å². The molecule has 0 bridgehead atoms. The average Bonchev–Trinajstić information content (AvgIpc) is 3.28. The van der Waals surface area contributed by atoms with Crippen molar-refractivity contribution in [3.05, 3.63) is 72.3 Å². The lowest BCUT2D eigenvalue weighted by Gasteiger charge is -2.30. The molecule has 0 saturated heterocycles. The minimum absolute atomic E-state index is 0.0385. The molecule has 1 fully saturated rings. The first kappa shape index (κ1) is 21.8. The van der Waals surface area contributed by atoms with E-state index < -0.39 is 11.7 Å². The van der Waals surface area contributed by atoms with Crippen molar-refractivity contribution >= 4 is 34.3 Å². The Morgan fingerprint density at radius 2 is 1.88 bits per heavy atom. The summed E-state index contributed by atoms with van der Waals surface area (Å²) in [5, 5.41) is 7.13. The van der Waals surface area contributed by atoms with E-state index >= 15 is 0 Å². The first-order valence-corrected chi connectivity index (χ1v) is 11.3. The zero-order chi connectivity index (χ0) is 23.7. The zero-order valence-electron chi connectivity index (χ0n) is 18.5. The van der Waals surface area contributed by atoms with Gasteiger partial charge in [0.1, 0.15) is 11.5 Å². The molecule has 3 aromatic heterocycles. The molecule has 1 saturated carbocycles. The zero-order valence-corrected chi connectivity index (χ0v) is 18.5. The minimum atomic E-state index is -0.776. The lowest BCUT2D eigenvalue weighted by Crippen LogP contribution is -2.43. The van der Waals surface area contributed by atoms with Crippen LogP contribution in [0.1, 0.15) is 36.0 Å². The Bertz CT molecular complexity index is 1340. The van der Waals surface area contributed by atoms with Crippen molar-refractivity contribution in [1.29, 1.82) is 0 Å². The van der Waals surface area contributed by atoms with Crippen molar-refractivity contribution in [2.75, 3.05) is 10.6 Å². The maximum absolute atomic E-state index is 14.8. The quantitative estimate of drug-likeness (QED) is 0.344. The molecule has 8 nitrogen and oxygen atoms in total. The summed E-state index contributed by atoms with van der Waals surface area (Å²) in [4.78, 5) is 21.0. The molecule has 4 aromatic rings. The first-order chi connectivity index (χ1) is 16.5. The molecular formula is C25H26FN7O. The number of nitrogens with one attached hydrogen (secondary N) is 2. The van der Waals surface area contributed by atoms with Gasteiger partial charge in [-0.1, -0.05) is 31.0 Å². The molecule has 1 aromatic carbocycles. The van der Waals surface area contributed by atoms with Gasteiger partial charge in [0, 0.05) is 35.6 Å². The van der Waals surface area contributed by atoms with Gasteiger partial charge in [-0.3, -0.25) is 4.79 Å². The van der Waals surface area contributed by atoms with E-state index in [0.717, 1.165) is 48.5 Å². The lowest BCUT2D eigenvalue weighted by molar-refractivity contribution is 0.100. The Balaban J connectivity index is 1.52. The molecule has 9 heteroatoms. The summed E-state index contributed by atoms with van der Waals surface area (Å²) in [5.74, 6) is -1.21. The number of nitrogens with zero attached hydrogens (tertiary/aromatic N) is 3. The van der Waals surface area contributed by atoms with Gasteiger partial charge < -0.3 is 26.7 Å². The van der Waals surface area contributed by atoms with Crippen LogP contribution in [0.4, 0.5) is 21.7 Å². The Kier molecular flexibility index (Phi) is 5.85. The summed E-state index contributed by atoms with van der Waals surface area (Å²) in [5.41, 5.74) is 14.1. The number of rotatable bonds is 6. The number of primary amides is 1. The van der Waals surface area contributed by atoms with Gasteiger partial charge in [-0.15, -0.1) is 0 Å². The number of benzene rings is 1. The Hall–Kier alpha value is -3.98. The summed E-state index contributed by atoms with van der Waals surface area (Å²) in [6.45, 7) is 0. The van der Waals surface area contributed by atoms with Crippen LogP contribution in [0.3, 0.4) is 0 Å². The van der Waals surface area contributed by atoms with Gasteiger partial charge in [-0.2, -0.15) is 0 Å². The van der Waals surface area contributed by atoms with Crippen molar-refractivity contribution in [3.8, 4) is 5.69 Å². The third-order valence-corrected chi connectivity index (χ3v) is 6.26. The number of anilines is 3. The highest BCUT2D eigenvalue weighted by Gasteiger charge is 2.24. The molecule has 5 rings (SSSR count). The standard InChI is InChI=1S/C25H26FN7O/c26-18-14-17(22(28)34)23(32-24(18)31-21-9-5-4-8-19(21)27)30-20-10-12-29-25-16(20)11-13-33(25)15-6-2-1-3-7-15/h1-3,6-7,10-14,19,21H,4-5,8-9,27H2,(H2,28,34)(H2,29,30,31,32)/t19-,21+/m0/s1. The maximum atomic E-state index is 14.8. The topological polar surface area (TPSA) is 124 Å². The fourth-order valence-electron chi connectivity index (χ4n) is 4.46. The number of fused-ring (bicyclic) bond motifs is 1. The Labute approximate surface area is 196 Å². The van der Waals surface area contributed by atoms with E-state index in [1.54, 1.807) is 12.3 Å². The SMILES string of the molecule is NC(=O)c1cc(F)c(N[C@@H]2CCCC[C@@H]2N)nc1Nc1ccnc2c1ccn2-c1ccccc1. The van der Waals surface area contributed by atoms with Crippen LogP contribution in [0.15, 0.2) is 60.9 Å². The number of aromatic nitrogens is 3. The predicted octanol–water partition coefficient (Wildman–Crippen LogP) is 4.08. The fourth-order valence-corrected chi connectivity index (χ4v) is 4.46. The average molecular weight is 460 g/mol. The molecule has 0 unspecified atom stereocenters. The largest absolute Gasteiger partial charge is 0.365 e. The minimum Gasteiger partial charge on any atom is -0.365 e. The summed E-state index contributed by atoms with van der Waals surface area (Å²) in [6.07, 6.45) is 7.37. The number of carbonyl (C=O) groups excluding carboxylic acids is 1. The van der Waals surface area contributed by atoms with E-state index in [-0.39, 0.29) is 29.3 Å². The Morgan fingerprint density at radius 1 is 1.09 bits per heavy atom. The molecule has 6 N–H and O–H groups in total. The van der Waals surface area contributed by atoms with Crippen molar-refractivity contribution in [2.45, 2.75) is 37.8 Å². The summed E-state index contributed by atoms with van der Waals surface area (Å²) in [6, 6.07) is 14.5. The lowest BCUT2D eigenvalue weighted by atomic mass is 9.91. The number of hydrogen-bond acceptors (Lipinski definition) is 6. The third-order valence-electron chi connectivity index (χ3n) is 6.26. The van der Waals surface area contributed by atoms with E-state index in [4.69, 9.17) is 11.5 Å². The van der Waals surface area contributed by atoms with Gasteiger partial charge in [-0.25, -0.2) is 14.4 Å². The molecule has 0 spiro atoms. The summed E-state index contributed by atoms with van der Waals surface area (Å²) >= 11 is 0. The van der Waals surface area contributed by atoms with Gasteiger partial charge in [0.05, 0.1) is 11.3 Å².